The van der Waals surface area contributed by atoms with Crippen LogP contribution in [0.4, 0.5) is 17.6 Å². The van der Waals surface area contributed by atoms with E-state index in [1.165, 1.54) is 18.2 Å². The van der Waals surface area contributed by atoms with E-state index in [9.17, 15) is 17.6 Å². The van der Waals surface area contributed by atoms with Gasteiger partial charge in [-0.15, -0.1) is 0 Å². The second kappa shape index (κ2) is 5.29. The van der Waals surface area contributed by atoms with Gasteiger partial charge in [-0.2, -0.15) is 22.8 Å². The molecule has 0 radical (unpaired) electrons. The van der Waals surface area contributed by atoms with Gasteiger partial charge in [-0.1, -0.05) is 12.1 Å². The molecule has 2 aromatic rings. The molecule has 1 heterocycles. The first kappa shape index (κ1) is 14.0. The van der Waals surface area contributed by atoms with Gasteiger partial charge in [0.2, 0.25) is 5.95 Å². The molecule has 0 aliphatic heterocycles. The molecule has 1 aromatic carbocycles. The highest BCUT2D eigenvalue weighted by Crippen LogP contribution is 2.32. The van der Waals surface area contributed by atoms with Crippen molar-refractivity contribution < 1.29 is 17.6 Å². The highest BCUT2D eigenvalue weighted by atomic mass is 19.4. The zero-order valence-electron chi connectivity index (χ0n) is 10.1. The van der Waals surface area contributed by atoms with Crippen LogP contribution in [0, 0.1) is 17.3 Å². The molecule has 0 atom stereocenters. The van der Waals surface area contributed by atoms with E-state index in [4.69, 9.17) is 5.26 Å². The van der Waals surface area contributed by atoms with Crippen molar-refractivity contribution >= 4 is 0 Å². The number of alkyl halides is 3. The van der Waals surface area contributed by atoms with Crippen molar-refractivity contribution in [1.82, 2.24) is 4.98 Å². The Kier molecular flexibility index (Phi) is 3.70. The predicted octanol–water partition coefficient (Wildman–Crippen LogP) is 3.97. The molecule has 0 N–H and O–H groups in total. The van der Waals surface area contributed by atoms with Crippen LogP contribution in [0.1, 0.15) is 11.1 Å². The maximum atomic E-state index is 13.3. The fourth-order valence-corrected chi connectivity index (χ4v) is 1.74. The third-order valence-corrected chi connectivity index (χ3v) is 2.70. The van der Waals surface area contributed by atoms with Crippen molar-refractivity contribution in [3.8, 4) is 17.2 Å². The second-order valence-electron chi connectivity index (χ2n) is 4.09. The van der Waals surface area contributed by atoms with Gasteiger partial charge in [0, 0.05) is 17.3 Å². The molecule has 0 aliphatic rings. The van der Waals surface area contributed by atoms with E-state index in [0.717, 1.165) is 18.3 Å². The van der Waals surface area contributed by atoms with Gasteiger partial charge in [-0.25, -0.2) is 4.98 Å². The van der Waals surface area contributed by atoms with Crippen molar-refractivity contribution in [1.29, 1.82) is 5.26 Å². The van der Waals surface area contributed by atoms with Gasteiger partial charge < -0.3 is 0 Å². The van der Waals surface area contributed by atoms with Crippen LogP contribution in [0.5, 0.6) is 0 Å². The summed E-state index contributed by atoms with van der Waals surface area (Å²) in [4.78, 5) is 3.47. The molecule has 0 saturated heterocycles. The van der Waals surface area contributed by atoms with Crippen molar-refractivity contribution in [2.45, 2.75) is 12.6 Å². The number of nitrogens with zero attached hydrogens (tertiary/aromatic N) is 2. The van der Waals surface area contributed by atoms with Gasteiger partial charge >= 0.3 is 6.18 Å². The molecule has 102 valence electrons. The summed E-state index contributed by atoms with van der Waals surface area (Å²) in [6.07, 6.45) is -3.49. The summed E-state index contributed by atoms with van der Waals surface area (Å²) < 4.78 is 51.2. The van der Waals surface area contributed by atoms with Gasteiger partial charge in [0.05, 0.1) is 18.1 Å². The number of nitriles is 1. The lowest BCUT2D eigenvalue weighted by atomic mass is 10.0. The predicted molar refractivity (Wildman–Crippen MR) is 64.0 cm³/mol. The van der Waals surface area contributed by atoms with E-state index in [-0.39, 0.29) is 17.5 Å². The van der Waals surface area contributed by atoms with Crippen LogP contribution in [0.2, 0.25) is 0 Å². The first-order chi connectivity index (χ1) is 9.41. The first-order valence-electron chi connectivity index (χ1n) is 5.61. The lowest BCUT2D eigenvalue weighted by Gasteiger charge is -2.09. The summed E-state index contributed by atoms with van der Waals surface area (Å²) in [7, 11) is 0. The SMILES string of the molecule is N#CCc1cc(-c2cccc(C(F)(F)F)c2)cnc1F. The maximum absolute atomic E-state index is 13.3. The van der Waals surface area contributed by atoms with Gasteiger partial charge in [-0.3, -0.25) is 0 Å². The number of rotatable bonds is 2. The molecule has 0 fully saturated rings. The highest BCUT2D eigenvalue weighted by molar-refractivity contribution is 5.64. The fourth-order valence-electron chi connectivity index (χ4n) is 1.74. The zero-order valence-corrected chi connectivity index (χ0v) is 10.1. The Morgan fingerprint density at radius 1 is 1.15 bits per heavy atom. The van der Waals surface area contributed by atoms with E-state index < -0.39 is 17.7 Å². The van der Waals surface area contributed by atoms with Crippen molar-refractivity contribution in [3.63, 3.8) is 0 Å². The number of halogens is 4. The maximum Gasteiger partial charge on any atom is 0.416 e. The molecule has 0 spiro atoms. The Balaban J connectivity index is 2.47. The molecule has 0 unspecified atom stereocenters. The molecule has 0 aliphatic carbocycles. The Hall–Kier alpha value is -2.42. The Bertz CT molecular complexity index is 672. The molecular weight excluding hydrogens is 272 g/mol. The van der Waals surface area contributed by atoms with Crippen LogP contribution >= 0.6 is 0 Å². The normalized spacial score (nSPS) is 11.2. The molecule has 2 rings (SSSR count). The van der Waals surface area contributed by atoms with Gasteiger partial charge in [0.15, 0.2) is 0 Å². The van der Waals surface area contributed by atoms with Gasteiger partial charge in [-0.05, 0) is 23.8 Å². The minimum absolute atomic E-state index is 0.0578. The van der Waals surface area contributed by atoms with Gasteiger partial charge in [0.1, 0.15) is 0 Å². The molecule has 1 aromatic heterocycles. The third kappa shape index (κ3) is 2.94. The van der Waals surface area contributed by atoms with Crippen molar-refractivity contribution in [2.24, 2.45) is 0 Å². The largest absolute Gasteiger partial charge is 0.416 e. The van der Waals surface area contributed by atoms with Crippen LogP contribution in [0.3, 0.4) is 0 Å². The van der Waals surface area contributed by atoms with Crippen LogP contribution < -0.4 is 0 Å². The monoisotopic (exact) mass is 280 g/mol. The topological polar surface area (TPSA) is 36.7 Å². The lowest BCUT2D eigenvalue weighted by Crippen LogP contribution is -2.04. The molecule has 0 amide bonds. The highest BCUT2D eigenvalue weighted by Gasteiger charge is 2.30. The van der Waals surface area contributed by atoms with Gasteiger partial charge in [0.25, 0.3) is 0 Å². The molecule has 20 heavy (non-hydrogen) atoms. The smallest absolute Gasteiger partial charge is 0.227 e. The summed E-state index contributed by atoms with van der Waals surface area (Å²) in [5, 5.41) is 8.56. The standard InChI is InChI=1S/C14H8F4N2/c15-13-10(4-5-19)6-11(8-20-13)9-2-1-3-12(7-9)14(16,17)18/h1-3,6-8H,4H2. The number of pyridine rings is 1. The van der Waals surface area contributed by atoms with E-state index >= 15 is 0 Å². The number of hydrogen-bond acceptors (Lipinski definition) is 2. The van der Waals surface area contributed by atoms with Crippen molar-refractivity contribution in [2.75, 3.05) is 0 Å². The molecule has 0 saturated carbocycles. The van der Waals surface area contributed by atoms with Crippen LogP contribution in [-0.2, 0) is 12.6 Å². The quantitative estimate of drug-likeness (QED) is 0.616. The summed E-state index contributed by atoms with van der Waals surface area (Å²) in [5.41, 5.74) is -0.127. The average Bonchev–Trinajstić information content (AvgIpc) is 2.41. The number of hydrogen-bond donors (Lipinski definition) is 0. The Labute approximate surface area is 112 Å². The zero-order chi connectivity index (χ0) is 14.8. The fraction of sp³-hybridized carbons (Fsp3) is 0.143. The van der Waals surface area contributed by atoms with E-state index in [1.807, 2.05) is 0 Å². The summed E-state index contributed by atoms with van der Waals surface area (Å²) in [6.45, 7) is 0. The van der Waals surface area contributed by atoms with E-state index in [0.29, 0.717) is 5.56 Å². The van der Waals surface area contributed by atoms with Crippen LogP contribution in [0.15, 0.2) is 36.5 Å². The number of benzene rings is 1. The molecule has 2 nitrogen and oxygen atoms in total. The molecule has 0 bridgehead atoms. The molecular formula is C14H8F4N2. The molecule has 6 heteroatoms. The van der Waals surface area contributed by atoms with E-state index in [2.05, 4.69) is 4.98 Å². The van der Waals surface area contributed by atoms with Crippen LogP contribution in [-0.4, -0.2) is 4.98 Å². The summed E-state index contributed by atoms with van der Waals surface area (Å²) in [5.74, 6) is -0.790. The second-order valence-corrected chi connectivity index (χ2v) is 4.09. The minimum atomic E-state index is -4.45. The number of aromatic nitrogens is 1. The lowest BCUT2D eigenvalue weighted by molar-refractivity contribution is -0.137. The summed E-state index contributed by atoms with van der Waals surface area (Å²) in [6, 6.07) is 7.77. The first-order valence-corrected chi connectivity index (χ1v) is 5.61. The van der Waals surface area contributed by atoms with Crippen LogP contribution in [0.25, 0.3) is 11.1 Å². The van der Waals surface area contributed by atoms with E-state index in [1.54, 1.807) is 6.07 Å². The Morgan fingerprint density at radius 3 is 2.55 bits per heavy atom. The van der Waals surface area contributed by atoms with Crippen molar-refractivity contribution in [3.05, 3.63) is 53.6 Å². The summed E-state index contributed by atoms with van der Waals surface area (Å²) >= 11 is 0. The average molecular weight is 280 g/mol. The minimum Gasteiger partial charge on any atom is -0.227 e. The Morgan fingerprint density at radius 2 is 1.90 bits per heavy atom. The third-order valence-electron chi connectivity index (χ3n) is 2.70.